The number of aliphatic carboxylic acids is 1. The molecule has 4 rings (SSSR count). The first-order valence-corrected chi connectivity index (χ1v) is 10.2. The van der Waals surface area contributed by atoms with Crippen molar-refractivity contribution in [3.63, 3.8) is 0 Å². The second-order valence-electron chi connectivity index (χ2n) is 7.06. The van der Waals surface area contributed by atoms with Crippen LogP contribution in [-0.4, -0.2) is 27.4 Å². The molecule has 1 aliphatic heterocycles. The molecule has 1 aliphatic carbocycles. The predicted molar refractivity (Wildman–Crippen MR) is 103 cm³/mol. The number of pyridine rings is 1. The van der Waals surface area contributed by atoms with Crippen molar-refractivity contribution in [2.75, 3.05) is 0 Å². The summed E-state index contributed by atoms with van der Waals surface area (Å²) in [5, 5.41) is 9.29. The lowest BCUT2D eigenvalue weighted by molar-refractivity contribution is -0.137. The lowest BCUT2D eigenvalue weighted by Crippen LogP contribution is -2.25. The lowest BCUT2D eigenvalue weighted by Gasteiger charge is -2.27. The van der Waals surface area contributed by atoms with Crippen LogP contribution < -0.4 is 4.74 Å². The van der Waals surface area contributed by atoms with Crippen LogP contribution in [0.2, 0.25) is 0 Å². The molecule has 0 amide bonds. The van der Waals surface area contributed by atoms with Crippen molar-refractivity contribution in [2.45, 2.75) is 61.2 Å². The van der Waals surface area contributed by atoms with Crippen molar-refractivity contribution in [1.29, 1.82) is 0 Å². The van der Waals surface area contributed by atoms with E-state index in [4.69, 9.17) is 9.84 Å². The molecule has 4 nitrogen and oxygen atoms in total. The highest BCUT2D eigenvalue weighted by atomic mass is 32.2. The summed E-state index contributed by atoms with van der Waals surface area (Å²) in [5.41, 5.74) is 3.55. The monoisotopic (exact) mass is 369 g/mol. The molecule has 0 saturated heterocycles. The van der Waals surface area contributed by atoms with Crippen LogP contribution in [-0.2, 0) is 11.2 Å². The highest BCUT2D eigenvalue weighted by Crippen LogP contribution is 2.40. The van der Waals surface area contributed by atoms with Gasteiger partial charge in [0.25, 0.3) is 0 Å². The largest absolute Gasteiger partial charge is 0.481 e. The van der Waals surface area contributed by atoms with Crippen LogP contribution in [0.5, 0.6) is 5.88 Å². The van der Waals surface area contributed by atoms with E-state index in [0.717, 1.165) is 49.1 Å². The summed E-state index contributed by atoms with van der Waals surface area (Å²) in [6.07, 6.45) is 8.61. The first-order valence-electron chi connectivity index (χ1n) is 9.32. The summed E-state index contributed by atoms with van der Waals surface area (Å²) < 4.78 is 6.08. The Morgan fingerprint density at radius 2 is 2.15 bits per heavy atom. The number of aromatic nitrogens is 1. The Bertz CT molecular complexity index is 804. The number of hydrogen-bond donors (Lipinski definition) is 1. The number of nitrogens with zero attached hydrogens (tertiary/aromatic N) is 1. The average molecular weight is 369 g/mol. The van der Waals surface area contributed by atoms with Gasteiger partial charge < -0.3 is 9.84 Å². The number of thioether (sulfide) groups is 1. The zero-order chi connectivity index (χ0) is 17.9. The third-order valence-electron chi connectivity index (χ3n) is 5.18. The summed E-state index contributed by atoms with van der Waals surface area (Å²) in [6, 6.07) is 10.6. The lowest BCUT2D eigenvalue weighted by atomic mass is 9.96. The van der Waals surface area contributed by atoms with E-state index in [1.807, 2.05) is 17.8 Å². The number of fused-ring (bicyclic) bond motifs is 1. The van der Waals surface area contributed by atoms with Crippen molar-refractivity contribution in [1.82, 2.24) is 4.98 Å². The van der Waals surface area contributed by atoms with Crippen LogP contribution in [0.4, 0.5) is 0 Å². The Hall–Kier alpha value is -2.01. The standard InChI is InChI=1S/C21H23NO3S/c23-20(24)11-9-17-8-6-15-13-14(7-10-19(15)26-17)18-5-2-12-22-21(18)25-16-3-1-4-16/h2,5,7,10,12-13,16-17H,1,3-4,6,8-9,11H2,(H,23,24). The van der Waals surface area contributed by atoms with Gasteiger partial charge in [0.2, 0.25) is 5.88 Å². The van der Waals surface area contributed by atoms with Crippen molar-refractivity contribution >= 4 is 17.7 Å². The van der Waals surface area contributed by atoms with Gasteiger partial charge in [-0.05, 0) is 73.9 Å². The number of ether oxygens (including phenoxy) is 1. The average Bonchev–Trinajstić information content (AvgIpc) is 2.63. The Balaban J connectivity index is 1.52. The van der Waals surface area contributed by atoms with E-state index in [-0.39, 0.29) is 6.42 Å². The van der Waals surface area contributed by atoms with Crippen LogP contribution in [0.3, 0.4) is 0 Å². The summed E-state index contributed by atoms with van der Waals surface area (Å²) in [6.45, 7) is 0. The Kier molecular flexibility index (Phi) is 5.16. The summed E-state index contributed by atoms with van der Waals surface area (Å²) in [7, 11) is 0. The number of aryl methyl sites for hydroxylation is 1. The van der Waals surface area contributed by atoms with E-state index in [0.29, 0.717) is 11.4 Å². The maximum Gasteiger partial charge on any atom is 0.303 e. The smallest absolute Gasteiger partial charge is 0.303 e. The van der Waals surface area contributed by atoms with E-state index in [1.54, 1.807) is 6.20 Å². The van der Waals surface area contributed by atoms with Gasteiger partial charge in [-0.25, -0.2) is 4.98 Å². The van der Waals surface area contributed by atoms with E-state index < -0.39 is 5.97 Å². The minimum atomic E-state index is -0.706. The maximum atomic E-state index is 10.8. The fourth-order valence-electron chi connectivity index (χ4n) is 3.45. The van der Waals surface area contributed by atoms with Crippen LogP contribution in [0, 0.1) is 0 Å². The molecule has 0 bridgehead atoms. The quantitative estimate of drug-likeness (QED) is 0.780. The first-order chi connectivity index (χ1) is 12.7. The van der Waals surface area contributed by atoms with E-state index >= 15 is 0 Å². The fourth-order valence-corrected chi connectivity index (χ4v) is 4.74. The van der Waals surface area contributed by atoms with Crippen LogP contribution in [0.25, 0.3) is 11.1 Å². The molecule has 1 saturated carbocycles. The normalized spacial score (nSPS) is 19.5. The second-order valence-corrected chi connectivity index (χ2v) is 8.40. The molecule has 2 aliphatic rings. The zero-order valence-electron chi connectivity index (χ0n) is 14.7. The molecular weight excluding hydrogens is 346 g/mol. The third-order valence-corrected chi connectivity index (χ3v) is 6.64. The van der Waals surface area contributed by atoms with Gasteiger partial charge in [-0.15, -0.1) is 11.8 Å². The van der Waals surface area contributed by atoms with E-state index in [2.05, 4.69) is 29.2 Å². The molecular formula is C21H23NO3S. The van der Waals surface area contributed by atoms with Gasteiger partial charge in [0.1, 0.15) is 6.10 Å². The highest BCUT2D eigenvalue weighted by molar-refractivity contribution is 8.00. The molecule has 136 valence electrons. The second kappa shape index (κ2) is 7.70. The molecule has 2 aromatic rings. The van der Waals surface area contributed by atoms with Gasteiger partial charge in [0.15, 0.2) is 0 Å². The Morgan fingerprint density at radius 3 is 2.92 bits per heavy atom. The number of carboxylic acids is 1. The maximum absolute atomic E-state index is 10.8. The SMILES string of the molecule is O=C(O)CCC1CCc2cc(-c3cccnc3OC3CCC3)ccc2S1. The van der Waals surface area contributed by atoms with Crippen LogP contribution >= 0.6 is 11.8 Å². The van der Waals surface area contributed by atoms with E-state index in [1.165, 1.54) is 16.9 Å². The van der Waals surface area contributed by atoms with Crippen molar-refractivity contribution in [2.24, 2.45) is 0 Å². The molecule has 0 spiro atoms. The molecule has 0 radical (unpaired) electrons. The minimum absolute atomic E-state index is 0.253. The zero-order valence-corrected chi connectivity index (χ0v) is 15.5. The molecule has 1 aromatic heterocycles. The number of carbonyl (C=O) groups is 1. The van der Waals surface area contributed by atoms with Crippen LogP contribution in [0.1, 0.15) is 44.1 Å². The van der Waals surface area contributed by atoms with Crippen molar-refractivity contribution in [3.8, 4) is 17.0 Å². The molecule has 1 unspecified atom stereocenters. The molecule has 1 fully saturated rings. The molecule has 2 heterocycles. The van der Waals surface area contributed by atoms with Gasteiger partial charge in [-0.1, -0.05) is 6.07 Å². The number of hydrogen-bond acceptors (Lipinski definition) is 4. The molecule has 1 atom stereocenters. The van der Waals surface area contributed by atoms with Crippen LogP contribution in [0.15, 0.2) is 41.4 Å². The first kappa shape index (κ1) is 17.4. The highest BCUT2D eigenvalue weighted by Gasteiger charge is 2.23. The Morgan fingerprint density at radius 1 is 1.27 bits per heavy atom. The van der Waals surface area contributed by atoms with Gasteiger partial charge >= 0.3 is 5.97 Å². The van der Waals surface area contributed by atoms with Gasteiger partial charge in [0, 0.05) is 28.3 Å². The van der Waals surface area contributed by atoms with Gasteiger partial charge in [0.05, 0.1) is 0 Å². The summed E-state index contributed by atoms with van der Waals surface area (Å²) in [5.74, 6) is 0.0299. The topological polar surface area (TPSA) is 59.4 Å². The molecule has 26 heavy (non-hydrogen) atoms. The molecule has 1 aromatic carbocycles. The Labute approximate surface area is 158 Å². The van der Waals surface area contributed by atoms with Crippen molar-refractivity contribution < 1.29 is 14.6 Å². The minimum Gasteiger partial charge on any atom is -0.481 e. The molecule has 5 heteroatoms. The predicted octanol–water partition coefficient (Wildman–Crippen LogP) is 4.95. The summed E-state index contributed by atoms with van der Waals surface area (Å²) in [4.78, 5) is 16.5. The van der Waals surface area contributed by atoms with Crippen molar-refractivity contribution in [3.05, 3.63) is 42.1 Å². The number of rotatable bonds is 6. The fraction of sp³-hybridized carbons (Fsp3) is 0.429. The van der Waals surface area contributed by atoms with E-state index in [9.17, 15) is 4.79 Å². The number of benzene rings is 1. The summed E-state index contributed by atoms with van der Waals surface area (Å²) >= 11 is 1.82. The van der Waals surface area contributed by atoms with Gasteiger partial charge in [-0.3, -0.25) is 4.79 Å². The molecule has 1 N–H and O–H groups in total. The number of carboxylic acid groups (broad SMARTS) is 1. The van der Waals surface area contributed by atoms with Gasteiger partial charge in [-0.2, -0.15) is 0 Å². The third kappa shape index (κ3) is 3.88.